The molecule has 0 saturated heterocycles. The summed E-state index contributed by atoms with van der Waals surface area (Å²) in [6.45, 7) is 0. The van der Waals surface area contributed by atoms with Crippen molar-refractivity contribution in [1.82, 2.24) is 10.3 Å². The molecule has 27 heavy (non-hydrogen) atoms. The van der Waals surface area contributed by atoms with E-state index in [1.165, 1.54) is 18.2 Å². The number of hydrogen-bond acceptors (Lipinski definition) is 10. The molecule has 0 fully saturated rings. The first kappa shape index (κ1) is 17.7. The van der Waals surface area contributed by atoms with E-state index in [0.29, 0.717) is 0 Å². The van der Waals surface area contributed by atoms with Crippen LogP contribution in [0.5, 0.6) is 0 Å². The van der Waals surface area contributed by atoms with Crippen molar-refractivity contribution in [3.63, 3.8) is 0 Å². The maximum absolute atomic E-state index is 11.5. The van der Waals surface area contributed by atoms with Crippen LogP contribution in [0.1, 0.15) is 22.7 Å². The van der Waals surface area contributed by atoms with E-state index in [9.17, 15) is 15.4 Å². The first-order valence-corrected chi connectivity index (χ1v) is 7.67. The summed E-state index contributed by atoms with van der Waals surface area (Å²) in [4.78, 5) is 19.2. The number of aliphatic imine (C=N–C) groups is 1. The van der Waals surface area contributed by atoms with E-state index in [2.05, 4.69) is 20.6 Å². The molecule has 2 aromatic rings. The van der Waals surface area contributed by atoms with E-state index in [1.54, 1.807) is 6.19 Å². The lowest BCUT2D eigenvalue weighted by atomic mass is 9.94. The Morgan fingerprint density at radius 3 is 2.74 bits per heavy atom. The molecule has 0 bridgehead atoms. The second-order valence-electron chi connectivity index (χ2n) is 5.36. The van der Waals surface area contributed by atoms with Gasteiger partial charge in [-0.05, 0) is 12.1 Å². The minimum Gasteiger partial charge on any atom is -0.397 e. The van der Waals surface area contributed by atoms with Gasteiger partial charge in [-0.2, -0.15) is 10.5 Å². The van der Waals surface area contributed by atoms with E-state index >= 15 is 0 Å². The van der Waals surface area contributed by atoms with Crippen molar-refractivity contribution in [3.05, 3.63) is 50.0 Å². The van der Waals surface area contributed by atoms with Crippen molar-refractivity contribution in [3.8, 4) is 12.3 Å². The molecule has 0 radical (unpaired) electrons. The average Bonchev–Trinajstić information content (AvgIpc) is 2.61. The Morgan fingerprint density at radius 2 is 2.11 bits per heavy atom. The number of aromatic nitrogens is 1. The van der Waals surface area contributed by atoms with Gasteiger partial charge in [0.15, 0.2) is 6.19 Å². The minimum atomic E-state index is -1.05. The lowest BCUT2D eigenvalue weighted by Crippen LogP contribution is -2.33. The molecule has 1 aliphatic rings. The second-order valence-corrected chi connectivity index (χ2v) is 5.80. The zero-order chi connectivity index (χ0) is 19.7. The van der Waals surface area contributed by atoms with Crippen molar-refractivity contribution >= 4 is 40.6 Å². The van der Waals surface area contributed by atoms with Gasteiger partial charge in [-0.25, -0.2) is 9.98 Å². The first-order valence-electron chi connectivity index (χ1n) is 7.30. The van der Waals surface area contributed by atoms with E-state index in [0.717, 1.165) is 0 Å². The highest BCUT2D eigenvalue weighted by molar-refractivity contribution is 6.30. The largest absolute Gasteiger partial charge is 0.397 e. The quantitative estimate of drug-likeness (QED) is 0.258. The highest BCUT2D eigenvalue weighted by atomic mass is 35.5. The van der Waals surface area contributed by atoms with Crippen LogP contribution in [0.3, 0.4) is 0 Å². The Labute approximate surface area is 157 Å². The fourth-order valence-electron chi connectivity index (χ4n) is 2.72. The number of anilines is 3. The van der Waals surface area contributed by atoms with Crippen LogP contribution in [0.4, 0.5) is 23.0 Å². The molecule has 1 unspecified atom stereocenters. The number of rotatable bonds is 2. The Kier molecular flexibility index (Phi) is 4.38. The molecule has 3 rings (SSSR count). The van der Waals surface area contributed by atoms with Crippen molar-refractivity contribution in [2.75, 3.05) is 16.8 Å². The van der Waals surface area contributed by atoms with Gasteiger partial charge in [0, 0.05) is 16.7 Å². The Morgan fingerprint density at radius 1 is 1.37 bits per heavy atom. The molecule has 1 aromatic carbocycles. The molecule has 1 atom stereocenters. The number of pyridine rings is 1. The van der Waals surface area contributed by atoms with Crippen LogP contribution < -0.4 is 22.1 Å². The number of nitrogens with one attached hydrogen (secondary N) is 2. The van der Waals surface area contributed by atoms with E-state index in [4.69, 9.17) is 28.3 Å². The van der Waals surface area contributed by atoms with Crippen LogP contribution in [0, 0.1) is 32.9 Å². The molecule has 2 heterocycles. The Hall–Kier alpha value is -4.09. The third-order valence-electron chi connectivity index (χ3n) is 3.84. The number of halogens is 1. The van der Waals surface area contributed by atoms with Crippen molar-refractivity contribution in [2.24, 2.45) is 4.99 Å². The first-order chi connectivity index (χ1) is 12.9. The highest BCUT2D eigenvalue weighted by Gasteiger charge is 2.33. The van der Waals surface area contributed by atoms with Gasteiger partial charge in [0.25, 0.3) is 5.69 Å². The summed E-state index contributed by atoms with van der Waals surface area (Å²) in [7, 11) is 0. The van der Waals surface area contributed by atoms with Gasteiger partial charge in [0.2, 0.25) is 5.96 Å². The maximum atomic E-state index is 11.5. The van der Waals surface area contributed by atoms with Crippen LogP contribution in [-0.4, -0.2) is 15.9 Å². The molecule has 0 spiro atoms. The number of nitrogens with zero attached hydrogens (tertiary/aromatic N) is 5. The number of hydrogen-bond donors (Lipinski definition) is 4. The number of fused-ring (bicyclic) bond motifs is 1. The molecular weight excluding hydrogens is 374 g/mol. The Bertz CT molecular complexity index is 1080. The molecule has 1 aromatic heterocycles. The lowest BCUT2D eigenvalue weighted by Gasteiger charge is -2.26. The number of guanidine groups is 1. The van der Waals surface area contributed by atoms with Gasteiger partial charge in [-0.15, -0.1) is 0 Å². The summed E-state index contributed by atoms with van der Waals surface area (Å²) in [5.41, 5.74) is 11.8. The maximum Gasteiger partial charge on any atom is 0.275 e. The fraction of sp³-hybridized carbons (Fsp3) is 0.0667. The number of nitrogen functional groups attached to an aromatic ring is 2. The molecule has 0 amide bonds. The number of nitriles is 2. The SMILES string of the molecule is N#CNC1=NC(c2cc(Cl)ccc2[N+](=O)[O-])c2c(nc(N)c(C#N)c2N)N1. The minimum absolute atomic E-state index is 0.0136. The molecule has 6 N–H and O–H groups in total. The molecule has 11 nitrogen and oxygen atoms in total. The zero-order valence-corrected chi connectivity index (χ0v) is 14.2. The van der Waals surface area contributed by atoms with E-state index < -0.39 is 11.0 Å². The molecule has 12 heteroatoms. The van der Waals surface area contributed by atoms with Gasteiger partial charge in [0.1, 0.15) is 29.3 Å². The van der Waals surface area contributed by atoms with Gasteiger partial charge in [-0.3, -0.25) is 15.4 Å². The summed E-state index contributed by atoms with van der Waals surface area (Å²) in [6, 6.07) is 4.78. The standard InChI is InChI=1S/C15H10ClN9O2/c16-6-1-2-9(25(26)27)7(3-6)12-10-11(19)8(4-17)13(20)23-14(10)24-15(22-12)21-5-18/h1-3,12H,(H6,19,20,21,22,23,24). The normalized spacial score (nSPS) is 14.8. The fourth-order valence-corrected chi connectivity index (χ4v) is 2.90. The van der Waals surface area contributed by atoms with Crippen LogP contribution in [-0.2, 0) is 0 Å². The number of nitrogens with two attached hydrogens (primary N) is 2. The van der Waals surface area contributed by atoms with Crippen molar-refractivity contribution < 1.29 is 4.92 Å². The van der Waals surface area contributed by atoms with Crippen molar-refractivity contribution in [2.45, 2.75) is 6.04 Å². The topological polar surface area (TPSA) is 192 Å². The summed E-state index contributed by atoms with van der Waals surface area (Å²) in [5.74, 6) is -0.0184. The second kappa shape index (κ2) is 6.67. The van der Waals surface area contributed by atoms with E-state index in [1.807, 2.05) is 6.07 Å². The molecule has 134 valence electrons. The van der Waals surface area contributed by atoms with Crippen LogP contribution in [0.25, 0.3) is 0 Å². The molecule has 1 aliphatic heterocycles. The predicted molar refractivity (Wildman–Crippen MR) is 97.5 cm³/mol. The number of nitro groups is 1. The van der Waals surface area contributed by atoms with Crippen LogP contribution in [0.15, 0.2) is 23.2 Å². The zero-order valence-electron chi connectivity index (χ0n) is 13.4. The summed E-state index contributed by atoms with van der Waals surface area (Å²) in [6.07, 6.45) is 1.69. The van der Waals surface area contributed by atoms with Crippen molar-refractivity contribution in [1.29, 1.82) is 10.5 Å². The third kappa shape index (κ3) is 2.99. The van der Waals surface area contributed by atoms with Gasteiger partial charge < -0.3 is 16.8 Å². The number of nitro benzene ring substituents is 1. The Balaban J connectivity index is 2.34. The molecular formula is C15H10ClN9O2. The molecule has 0 aliphatic carbocycles. The lowest BCUT2D eigenvalue weighted by molar-refractivity contribution is -0.385. The summed E-state index contributed by atoms with van der Waals surface area (Å²) in [5, 5.41) is 34.9. The summed E-state index contributed by atoms with van der Waals surface area (Å²) >= 11 is 6.02. The monoisotopic (exact) mass is 383 g/mol. The smallest absolute Gasteiger partial charge is 0.275 e. The van der Waals surface area contributed by atoms with E-state index in [-0.39, 0.29) is 50.7 Å². The summed E-state index contributed by atoms with van der Waals surface area (Å²) < 4.78 is 0. The number of benzene rings is 1. The predicted octanol–water partition coefficient (Wildman–Crippen LogP) is 1.62. The van der Waals surface area contributed by atoms with Crippen LogP contribution in [0.2, 0.25) is 5.02 Å². The highest BCUT2D eigenvalue weighted by Crippen LogP contribution is 2.43. The third-order valence-corrected chi connectivity index (χ3v) is 4.07. The molecule has 0 saturated carbocycles. The van der Waals surface area contributed by atoms with Crippen LogP contribution >= 0.6 is 11.6 Å². The average molecular weight is 384 g/mol. The van der Waals surface area contributed by atoms with Gasteiger partial charge in [0.05, 0.1) is 16.2 Å². The van der Waals surface area contributed by atoms with Gasteiger partial charge >= 0.3 is 0 Å². The van der Waals surface area contributed by atoms with Gasteiger partial charge in [-0.1, -0.05) is 11.6 Å².